The van der Waals surface area contributed by atoms with E-state index < -0.39 is 11.7 Å². The number of hydrogen-bond donors (Lipinski definition) is 2. The number of hydrazine groups is 1. The Kier molecular flexibility index (Phi) is 5.10. The van der Waals surface area contributed by atoms with Crippen LogP contribution in [0.1, 0.15) is 33.7 Å². The van der Waals surface area contributed by atoms with Crippen LogP contribution in [0.5, 0.6) is 0 Å². The Morgan fingerprint density at radius 2 is 1.91 bits per heavy atom. The van der Waals surface area contributed by atoms with Crippen LogP contribution in [-0.2, 0) is 18.3 Å². The standard InChI is InChI=1S/C16H19FN4O2/c1-10-12(11(2)21(3)20-10)8-9-15(22)18-19-16(23)13-6-4-5-7-14(13)17/h4-7H,8-9H2,1-3H3,(H,18,22)(H,19,23). The number of hydrogen-bond acceptors (Lipinski definition) is 3. The fourth-order valence-corrected chi connectivity index (χ4v) is 2.32. The Balaban J connectivity index is 1.86. The molecule has 0 aliphatic carbocycles. The molecule has 0 radical (unpaired) electrons. The van der Waals surface area contributed by atoms with Crippen LogP contribution in [-0.4, -0.2) is 21.6 Å². The first-order chi connectivity index (χ1) is 10.9. The van der Waals surface area contributed by atoms with Crippen molar-refractivity contribution in [3.63, 3.8) is 0 Å². The highest BCUT2D eigenvalue weighted by Crippen LogP contribution is 2.13. The largest absolute Gasteiger partial charge is 0.273 e. The maximum Gasteiger partial charge on any atom is 0.272 e. The minimum absolute atomic E-state index is 0.119. The highest BCUT2D eigenvalue weighted by Gasteiger charge is 2.13. The van der Waals surface area contributed by atoms with E-state index in [0.717, 1.165) is 17.0 Å². The molecule has 1 heterocycles. The van der Waals surface area contributed by atoms with Gasteiger partial charge in [-0.15, -0.1) is 0 Å². The van der Waals surface area contributed by atoms with E-state index in [1.54, 1.807) is 10.7 Å². The molecule has 1 aromatic heterocycles. The van der Waals surface area contributed by atoms with Crippen molar-refractivity contribution in [3.8, 4) is 0 Å². The smallest absolute Gasteiger partial charge is 0.272 e. The van der Waals surface area contributed by atoms with Crippen molar-refractivity contribution in [2.24, 2.45) is 7.05 Å². The third-order valence-electron chi connectivity index (χ3n) is 3.69. The summed E-state index contributed by atoms with van der Waals surface area (Å²) in [6.45, 7) is 3.83. The van der Waals surface area contributed by atoms with Crippen molar-refractivity contribution >= 4 is 11.8 Å². The lowest BCUT2D eigenvalue weighted by molar-refractivity contribution is -0.121. The number of benzene rings is 1. The molecule has 1 aromatic carbocycles. The first-order valence-corrected chi connectivity index (χ1v) is 7.23. The van der Waals surface area contributed by atoms with Gasteiger partial charge in [0.05, 0.1) is 11.3 Å². The van der Waals surface area contributed by atoms with Gasteiger partial charge in [-0.2, -0.15) is 5.10 Å². The van der Waals surface area contributed by atoms with E-state index in [4.69, 9.17) is 0 Å². The van der Waals surface area contributed by atoms with Gasteiger partial charge in [-0.05, 0) is 38.0 Å². The summed E-state index contributed by atoms with van der Waals surface area (Å²) >= 11 is 0. The molecule has 0 unspecified atom stereocenters. The molecule has 0 aliphatic heterocycles. The molecule has 23 heavy (non-hydrogen) atoms. The minimum Gasteiger partial charge on any atom is -0.273 e. The van der Waals surface area contributed by atoms with Crippen LogP contribution < -0.4 is 10.9 Å². The Morgan fingerprint density at radius 1 is 1.22 bits per heavy atom. The van der Waals surface area contributed by atoms with Gasteiger partial charge in [0.15, 0.2) is 0 Å². The van der Waals surface area contributed by atoms with Gasteiger partial charge in [0.2, 0.25) is 5.91 Å². The van der Waals surface area contributed by atoms with Gasteiger partial charge in [0.25, 0.3) is 5.91 Å². The molecule has 2 amide bonds. The molecule has 0 spiro atoms. The fraction of sp³-hybridized carbons (Fsp3) is 0.312. The molecular formula is C16H19FN4O2. The van der Waals surface area contributed by atoms with Crippen LogP contribution in [0.4, 0.5) is 4.39 Å². The SMILES string of the molecule is Cc1nn(C)c(C)c1CCC(=O)NNC(=O)c1ccccc1F. The summed E-state index contributed by atoms with van der Waals surface area (Å²) in [5.74, 6) is -1.68. The van der Waals surface area contributed by atoms with Gasteiger partial charge in [0.1, 0.15) is 5.82 Å². The predicted octanol–water partition coefficient (Wildman–Crippen LogP) is 1.57. The molecule has 0 saturated carbocycles. The first kappa shape index (κ1) is 16.7. The molecule has 0 fully saturated rings. The number of carbonyl (C=O) groups excluding carboxylic acids is 2. The predicted molar refractivity (Wildman–Crippen MR) is 83.0 cm³/mol. The van der Waals surface area contributed by atoms with Gasteiger partial charge < -0.3 is 0 Å². The molecule has 0 bridgehead atoms. The summed E-state index contributed by atoms with van der Waals surface area (Å²) < 4.78 is 15.2. The second kappa shape index (κ2) is 7.04. The third-order valence-corrected chi connectivity index (χ3v) is 3.69. The lowest BCUT2D eigenvalue weighted by Crippen LogP contribution is -2.42. The zero-order valence-corrected chi connectivity index (χ0v) is 13.3. The lowest BCUT2D eigenvalue weighted by Gasteiger charge is -2.08. The van der Waals surface area contributed by atoms with E-state index >= 15 is 0 Å². The average molecular weight is 318 g/mol. The number of aromatic nitrogens is 2. The van der Waals surface area contributed by atoms with Crippen LogP contribution >= 0.6 is 0 Å². The van der Waals surface area contributed by atoms with Crippen molar-refractivity contribution in [1.29, 1.82) is 0 Å². The van der Waals surface area contributed by atoms with Crippen LogP contribution in [0.15, 0.2) is 24.3 Å². The van der Waals surface area contributed by atoms with Crippen molar-refractivity contribution < 1.29 is 14.0 Å². The molecular weight excluding hydrogens is 299 g/mol. The van der Waals surface area contributed by atoms with E-state index in [2.05, 4.69) is 16.0 Å². The molecule has 122 valence electrons. The van der Waals surface area contributed by atoms with Crippen molar-refractivity contribution in [2.45, 2.75) is 26.7 Å². The molecule has 2 rings (SSSR count). The third kappa shape index (κ3) is 3.94. The summed E-state index contributed by atoms with van der Waals surface area (Å²) in [5.41, 5.74) is 7.29. The van der Waals surface area contributed by atoms with Gasteiger partial charge in [-0.25, -0.2) is 4.39 Å². The average Bonchev–Trinajstić information content (AvgIpc) is 2.76. The topological polar surface area (TPSA) is 76.0 Å². The van der Waals surface area contributed by atoms with Gasteiger partial charge >= 0.3 is 0 Å². The zero-order valence-electron chi connectivity index (χ0n) is 13.3. The van der Waals surface area contributed by atoms with Crippen LogP contribution in [0.3, 0.4) is 0 Å². The number of aryl methyl sites for hydroxylation is 2. The number of carbonyl (C=O) groups is 2. The van der Waals surface area contributed by atoms with Gasteiger partial charge in [-0.1, -0.05) is 12.1 Å². The van der Waals surface area contributed by atoms with Crippen molar-refractivity contribution in [1.82, 2.24) is 20.6 Å². The Bertz CT molecular complexity index is 740. The number of nitrogens with one attached hydrogen (secondary N) is 2. The summed E-state index contributed by atoms with van der Waals surface area (Å²) in [6.07, 6.45) is 0.720. The molecule has 7 heteroatoms. The highest BCUT2D eigenvalue weighted by atomic mass is 19.1. The second-order valence-corrected chi connectivity index (χ2v) is 5.26. The molecule has 2 aromatic rings. The monoisotopic (exact) mass is 318 g/mol. The van der Waals surface area contributed by atoms with E-state index in [-0.39, 0.29) is 17.9 Å². The Labute approximate surface area is 133 Å². The molecule has 0 aliphatic rings. The maximum atomic E-state index is 13.4. The summed E-state index contributed by atoms with van der Waals surface area (Å²) in [7, 11) is 1.85. The van der Waals surface area contributed by atoms with Crippen LogP contribution in [0.2, 0.25) is 0 Å². The van der Waals surface area contributed by atoms with Crippen LogP contribution in [0.25, 0.3) is 0 Å². The van der Waals surface area contributed by atoms with E-state index in [9.17, 15) is 14.0 Å². The fourth-order valence-electron chi connectivity index (χ4n) is 2.32. The quantitative estimate of drug-likeness (QED) is 0.840. The highest BCUT2D eigenvalue weighted by molar-refractivity contribution is 5.95. The number of rotatable bonds is 4. The molecule has 0 saturated heterocycles. The number of halogens is 1. The van der Waals surface area contributed by atoms with Crippen LogP contribution in [0, 0.1) is 19.7 Å². The van der Waals surface area contributed by atoms with E-state index in [1.165, 1.54) is 18.2 Å². The van der Waals surface area contributed by atoms with E-state index in [0.29, 0.717) is 6.42 Å². The van der Waals surface area contributed by atoms with E-state index in [1.807, 2.05) is 20.9 Å². The summed E-state index contributed by atoms with van der Waals surface area (Å²) in [4.78, 5) is 23.6. The molecule has 0 atom stereocenters. The Morgan fingerprint density at radius 3 is 2.52 bits per heavy atom. The first-order valence-electron chi connectivity index (χ1n) is 7.23. The van der Waals surface area contributed by atoms with Gasteiger partial charge in [0, 0.05) is 19.2 Å². The van der Waals surface area contributed by atoms with Crippen molar-refractivity contribution in [2.75, 3.05) is 0 Å². The molecule has 2 N–H and O–H groups in total. The zero-order chi connectivity index (χ0) is 17.0. The second-order valence-electron chi connectivity index (χ2n) is 5.26. The normalized spacial score (nSPS) is 10.4. The Hall–Kier alpha value is -2.70. The minimum atomic E-state index is -0.690. The molecule has 6 nitrogen and oxygen atoms in total. The number of nitrogens with zero attached hydrogens (tertiary/aromatic N) is 2. The lowest BCUT2D eigenvalue weighted by atomic mass is 10.1. The van der Waals surface area contributed by atoms with Crippen molar-refractivity contribution in [3.05, 3.63) is 52.6 Å². The van der Waals surface area contributed by atoms with Gasteiger partial charge in [-0.3, -0.25) is 25.1 Å². The summed E-state index contributed by atoms with van der Waals surface area (Å²) in [6, 6.07) is 5.57. The summed E-state index contributed by atoms with van der Waals surface area (Å²) in [5, 5.41) is 4.29. The maximum absolute atomic E-state index is 13.4. The number of amides is 2.